The minimum absolute atomic E-state index is 0.0172. The summed E-state index contributed by atoms with van der Waals surface area (Å²) in [6.45, 7) is 0. The summed E-state index contributed by atoms with van der Waals surface area (Å²) in [6.07, 6.45) is 8.66. The van der Waals surface area contributed by atoms with Gasteiger partial charge in [0.25, 0.3) is 0 Å². The minimum Gasteiger partial charge on any atom is -0.303 e. The number of hydrogen-bond donors (Lipinski definition) is 2. The maximum absolute atomic E-state index is 12.3. The Morgan fingerprint density at radius 3 is 2.95 bits per heavy atom. The van der Waals surface area contributed by atoms with Crippen LogP contribution in [0.5, 0.6) is 0 Å². The quantitative estimate of drug-likeness (QED) is 0.900. The van der Waals surface area contributed by atoms with Crippen LogP contribution in [0, 0.1) is 5.92 Å². The van der Waals surface area contributed by atoms with E-state index >= 15 is 0 Å². The molecule has 2 saturated carbocycles. The van der Waals surface area contributed by atoms with Crippen molar-refractivity contribution in [2.75, 3.05) is 5.32 Å². The molecule has 2 N–H and O–H groups in total. The molecule has 1 aromatic rings. The van der Waals surface area contributed by atoms with Crippen LogP contribution in [0.4, 0.5) is 5.13 Å². The van der Waals surface area contributed by atoms with E-state index in [2.05, 4.69) is 21.0 Å². The van der Waals surface area contributed by atoms with Gasteiger partial charge in [0.05, 0.1) is 11.7 Å². The van der Waals surface area contributed by atoms with Gasteiger partial charge in [-0.2, -0.15) is 0 Å². The van der Waals surface area contributed by atoms with Crippen molar-refractivity contribution in [1.29, 1.82) is 0 Å². The van der Waals surface area contributed by atoms with E-state index in [4.69, 9.17) is 0 Å². The summed E-state index contributed by atoms with van der Waals surface area (Å²) in [5.41, 5.74) is 1.17. The van der Waals surface area contributed by atoms with Gasteiger partial charge >= 0.3 is 0 Å². The van der Waals surface area contributed by atoms with E-state index in [9.17, 15) is 4.79 Å². The molecule has 1 amide bonds. The van der Waals surface area contributed by atoms with Crippen LogP contribution in [0.25, 0.3) is 0 Å². The summed E-state index contributed by atoms with van der Waals surface area (Å²) < 4.78 is 0. The fraction of sp³-hybridized carbons (Fsp3) is 0.733. The summed E-state index contributed by atoms with van der Waals surface area (Å²) in [4.78, 5) is 16.9. The first-order valence-corrected chi connectivity index (χ1v) is 8.70. The molecule has 0 bridgehead atoms. The highest BCUT2D eigenvalue weighted by Crippen LogP contribution is 2.41. The zero-order valence-electron chi connectivity index (χ0n) is 11.6. The topological polar surface area (TPSA) is 54.0 Å². The second-order valence-electron chi connectivity index (χ2n) is 6.45. The van der Waals surface area contributed by atoms with E-state index < -0.39 is 0 Å². The van der Waals surface area contributed by atoms with Crippen LogP contribution < -0.4 is 10.6 Å². The summed E-state index contributed by atoms with van der Waals surface area (Å²) in [7, 11) is 0. The maximum atomic E-state index is 12.3. The lowest BCUT2D eigenvalue weighted by Gasteiger charge is -2.24. The van der Waals surface area contributed by atoms with Crippen molar-refractivity contribution in [3.05, 3.63) is 11.1 Å². The standard InChI is InChI=1S/C15H21N3OS/c19-14(12-7-10-3-1-2-4-11(10)16-12)18-15-17-13(8-20-15)9-5-6-9/h8-12,16H,1-7H2,(H,17,18,19). The predicted octanol–water partition coefficient (Wildman–Crippen LogP) is 2.88. The number of thiazole rings is 1. The normalized spacial score (nSPS) is 32.9. The maximum Gasteiger partial charge on any atom is 0.243 e. The van der Waals surface area contributed by atoms with Gasteiger partial charge in [0.15, 0.2) is 5.13 Å². The number of anilines is 1. The summed E-state index contributed by atoms with van der Waals surface area (Å²) in [5, 5.41) is 9.39. The lowest BCUT2D eigenvalue weighted by molar-refractivity contribution is -0.117. The largest absolute Gasteiger partial charge is 0.303 e. The molecule has 1 aliphatic heterocycles. The van der Waals surface area contributed by atoms with Gasteiger partial charge in [-0.25, -0.2) is 4.98 Å². The van der Waals surface area contributed by atoms with Gasteiger partial charge < -0.3 is 10.6 Å². The van der Waals surface area contributed by atoms with Crippen LogP contribution in [0.2, 0.25) is 0 Å². The number of rotatable bonds is 3. The average molecular weight is 291 g/mol. The lowest BCUT2D eigenvalue weighted by atomic mass is 9.85. The van der Waals surface area contributed by atoms with Gasteiger partial charge in [-0.15, -0.1) is 11.3 Å². The van der Waals surface area contributed by atoms with Crippen LogP contribution in [-0.2, 0) is 4.79 Å². The highest BCUT2D eigenvalue weighted by Gasteiger charge is 2.38. The second kappa shape index (κ2) is 5.11. The van der Waals surface area contributed by atoms with Crippen LogP contribution >= 0.6 is 11.3 Å². The van der Waals surface area contributed by atoms with Gasteiger partial charge in [-0.3, -0.25) is 4.79 Å². The molecule has 2 heterocycles. The number of carbonyl (C=O) groups is 1. The van der Waals surface area contributed by atoms with Gasteiger partial charge in [0.2, 0.25) is 5.91 Å². The molecule has 108 valence electrons. The molecule has 4 rings (SSSR count). The van der Waals surface area contributed by atoms with Crippen molar-refractivity contribution in [2.24, 2.45) is 5.92 Å². The SMILES string of the molecule is O=C(Nc1nc(C2CC2)cs1)C1CC2CCCCC2N1. The Kier molecular flexibility index (Phi) is 3.27. The molecule has 3 aliphatic rings. The first kappa shape index (κ1) is 12.8. The monoisotopic (exact) mass is 291 g/mol. The molecule has 3 unspecified atom stereocenters. The molecule has 5 heteroatoms. The Morgan fingerprint density at radius 1 is 1.30 bits per heavy atom. The second-order valence-corrected chi connectivity index (χ2v) is 7.31. The Morgan fingerprint density at radius 2 is 2.15 bits per heavy atom. The van der Waals surface area contributed by atoms with Gasteiger partial charge in [-0.1, -0.05) is 12.8 Å². The highest BCUT2D eigenvalue weighted by molar-refractivity contribution is 7.13. The summed E-state index contributed by atoms with van der Waals surface area (Å²) >= 11 is 1.56. The zero-order chi connectivity index (χ0) is 13.5. The van der Waals surface area contributed by atoms with Gasteiger partial charge in [0, 0.05) is 17.3 Å². The van der Waals surface area contributed by atoms with E-state index in [0.29, 0.717) is 17.9 Å². The number of nitrogens with zero attached hydrogens (tertiary/aromatic N) is 1. The molecule has 3 atom stereocenters. The molecule has 1 saturated heterocycles. The number of aromatic nitrogens is 1. The first-order chi connectivity index (χ1) is 9.79. The smallest absolute Gasteiger partial charge is 0.243 e. The van der Waals surface area contributed by atoms with E-state index in [1.54, 1.807) is 11.3 Å². The Bertz CT molecular complexity index is 497. The third kappa shape index (κ3) is 2.49. The van der Waals surface area contributed by atoms with Crippen LogP contribution in [-0.4, -0.2) is 23.0 Å². The molecule has 2 aliphatic carbocycles. The molecule has 1 aromatic heterocycles. The summed E-state index contributed by atoms with van der Waals surface area (Å²) in [6, 6.07) is 0.550. The molecule has 20 heavy (non-hydrogen) atoms. The number of nitrogens with one attached hydrogen (secondary N) is 2. The Hall–Kier alpha value is -0.940. The van der Waals surface area contributed by atoms with Crippen LogP contribution in [0.1, 0.15) is 56.6 Å². The van der Waals surface area contributed by atoms with Crippen molar-refractivity contribution in [1.82, 2.24) is 10.3 Å². The number of amides is 1. The number of carbonyl (C=O) groups excluding carboxylic acids is 1. The van der Waals surface area contributed by atoms with E-state index in [0.717, 1.165) is 11.6 Å². The Labute approximate surface area is 123 Å². The van der Waals surface area contributed by atoms with Crippen molar-refractivity contribution < 1.29 is 4.79 Å². The average Bonchev–Trinajstić information content (AvgIpc) is 3.04. The van der Waals surface area contributed by atoms with Crippen LogP contribution in [0.3, 0.4) is 0 Å². The zero-order valence-corrected chi connectivity index (χ0v) is 12.4. The number of hydrogen-bond acceptors (Lipinski definition) is 4. The lowest BCUT2D eigenvalue weighted by Crippen LogP contribution is -2.39. The molecule has 0 spiro atoms. The molecular weight excluding hydrogens is 270 g/mol. The minimum atomic E-state index is -0.0172. The molecular formula is C15H21N3OS. The van der Waals surface area contributed by atoms with Crippen molar-refractivity contribution >= 4 is 22.4 Å². The first-order valence-electron chi connectivity index (χ1n) is 7.82. The van der Waals surface area contributed by atoms with Crippen molar-refractivity contribution in [3.63, 3.8) is 0 Å². The van der Waals surface area contributed by atoms with Crippen molar-refractivity contribution in [2.45, 2.75) is 62.9 Å². The third-order valence-electron chi connectivity index (χ3n) is 4.93. The fourth-order valence-corrected chi connectivity index (χ4v) is 4.42. The highest BCUT2D eigenvalue weighted by atomic mass is 32.1. The molecule has 0 aromatic carbocycles. The Balaban J connectivity index is 1.37. The van der Waals surface area contributed by atoms with E-state index in [1.165, 1.54) is 44.2 Å². The van der Waals surface area contributed by atoms with Crippen molar-refractivity contribution in [3.8, 4) is 0 Å². The van der Waals surface area contributed by atoms with Gasteiger partial charge in [0.1, 0.15) is 0 Å². The molecule has 3 fully saturated rings. The fourth-order valence-electron chi connectivity index (χ4n) is 3.62. The van der Waals surface area contributed by atoms with Gasteiger partial charge in [-0.05, 0) is 38.0 Å². The molecule has 0 radical (unpaired) electrons. The van der Waals surface area contributed by atoms with Crippen LogP contribution in [0.15, 0.2) is 5.38 Å². The van der Waals surface area contributed by atoms with E-state index in [1.807, 2.05) is 0 Å². The predicted molar refractivity (Wildman–Crippen MR) is 80.0 cm³/mol. The number of fused-ring (bicyclic) bond motifs is 1. The van der Waals surface area contributed by atoms with E-state index in [-0.39, 0.29) is 11.9 Å². The molecule has 4 nitrogen and oxygen atoms in total. The third-order valence-corrected chi connectivity index (χ3v) is 5.70. The summed E-state index contributed by atoms with van der Waals surface area (Å²) in [5.74, 6) is 1.47.